The van der Waals surface area contributed by atoms with Gasteiger partial charge in [-0.25, -0.2) is 18.1 Å². The molecule has 0 atom stereocenters. The topological polar surface area (TPSA) is 59.1 Å². The van der Waals surface area contributed by atoms with Gasteiger partial charge in [0.25, 0.3) is 0 Å². The molecule has 90 valence electrons. The molecule has 2 aromatic heterocycles. The number of halogens is 1. The Kier molecular flexibility index (Phi) is 3.78. The molecule has 0 amide bonds. The van der Waals surface area contributed by atoms with Crippen molar-refractivity contribution in [3.05, 3.63) is 45.9 Å². The number of hydrogen-bond acceptors (Lipinski definition) is 4. The van der Waals surface area contributed by atoms with E-state index in [9.17, 15) is 8.42 Å². The largest absolute Gasteiger partial charge is 0.244 e. The van der Waals surface area contributed by atoms with Crippen molar-refractivity contribution in [1.29, 1.82) is 0 Å². The SMILES string of the molecule is O=S(=O)(NCc1ccsc1)c1ccnc(Cl)c1. The summed E-state index contributed by atoms with van der Waals surface area (Å²) in [6, 6.07) is 4.59. The first-order chi connectivity index (χ1) is 8.08. The van der Waals surface area contributed by atoms with Gasteiger partial charge in [-0.05, 0) is 34.5 Å². The molecule has 2 heterocycles. The highest BCUT2D eigenvalue weighted by Crippen LogP contribution is 2.13. The monoisotopic (exact) mass is 288 g/mol. The zero-order valence-corrected chi connectivity index (χ0v) is 11.0. The number of sulfonamides is 1. The van der Waals surface area contributed by atoms with Crippen LogP contribution in [0, 0.1) is 0 Å². The highest BCUT2D eigenvalue weighted by Gasteiger charge is 2.14. The Morgan fingerprint density at radius 2 is 2.24 bits per heavy atom. The zero-order chi connectivity index (χ0) is 12.3. The maximum Gasteiger partial charge on any atom is 0.241 e. The second-order valence-electron chi connectivity index (χ2n) is 3.27. The lowest BCUT2D eigenvalue weighted by Gasteiger charge is -2.05. The number of nitrogens with zero attached hydrogens (tertiary/aromatic N) is 1. The van der Waals surface area contributed by atoms with E-state index in [1.165, 1.54) is 29.7 Å². The van der Waals surface area contributed by atoms with Crippen molar-refractivity contribution in [2.75, 3.05) is 0 Å². The van der Waals surface area contributed by atoms with E-state index in [-0.39, 0.29) is 16.6 Å². The highest BCUT2D eigenvalue weighted by atomic mass is 35.5. The normalized spacial score (nSPS) is 11.6. The molecule has 4 nitrogen and oxygen atoms in total. The fraction of sp³-hybridized carbons (Fsp3) is 0.100. The van der Waals surface area contributed by atoms with Gasteiger partial charge in [-0.15, -0.1) is 0 Å². The van der Waals surface area contributed by atoms with E-state index in [1.54, 1.807) is 0 Å². The molecule has 0 radical (unpaired) electrons. The van der Waals surface area contributed by atoms with Crippen molar-refractivity contribution in [2.45, 2.75) is 11.4 Å². The Hall–Kier alpha value is -0.950. The minimum Gasteiger partial charge on any atom is -0.244 e. The van der Waals surface area contributed by atoms with E-state index in [2.05, 4.69) is 9.71 Å². The van der Waals surface area contributed by atoms with Crippen molar-refractivity contribution in [3.63, 3.8) is 0 Å². The van der Waals surface area contributed by atoms with Gasteiger partial charge in [0.15, 0.2) is 0 Å². The van der Waals surface area contributed by atoms with E-state index >= 15 is 0 Å². The summed E-state index contributed by atoms with van der Waals surface area (Å²) in [6.07, 6.45) is 1.36. The number of nitrogens with one attached hydrogen (secondary N) is 1. The predicted molar refractivity (Wildman–Crippen MR) is 67.6 cm³/mol. The Balaban J connectivity index is 2.14. The Bertz CT molecular complexity index is 597. The van der Waals surface area contributed by atoms with Gasteiger partial charge in [0.1, 0.15) is 5.15 Å². The van der Waals surface area contributed by atoms with Crippen LogP contribution >= 0.6 is 22.9 Å². The van der Waals surface area contributed by atoms with Gasteiger partial charge in [-0.1, -0.05) is 11.6 Å². The maximum absolute atomic E-state index is 11.9. The predicted octanol–water partition coefficient (Wildman–Crippen LogP) is 2.28. The number of thiophene rings is 1. The van der Waals surface area contributed by atoms with E-state index in [1.807, 2.05) is 16.8 Å². The molecule has 0 aliphatic heterocycles. The second kappa shape index (κ2) is 5.14. The summed E-state index contributed by atoms with van der Waals surface area (Å²) in [7, 11) is -3.53. The summed E-state index contributed by atoms with van der Waals surface area (Å²) in [5.74, 6) is 0. The first-order valence-electron chi connectivity index (χ1n) is 4.70. The molecule has 1 N–H and O–H groups in total. The lowest BCUT2D eigenvalue weighted by Crippen LogP contribution is -2.23. The molecule has 0 bridgehead atoms. The molecule has 0 aliphatic rings. The molecule has 7 heteroatoms. The van der Waals surface area contributed by atoms with E-state index in [0.717, 1.165) is 5.56 Å². The fourth-order valence-corrected chi connectivity index (χ4v) is 3.14. The zero-order valence-electron chi connectivity index (χ0n) is 8.63. The summed E-state index contributed by atoms with van der Waals surface area (Å²) in [5, 5.41) is 3.94. The van der Waals surface area contributed by atoms with Crippen LogP contribution in [0.4, 0.5) is 0 Å². The fourth-order valence-electron chi connectivity index (χ4n) is 1.21. The van der Waals surface area contributed by atoms with Crippen LogP contribution in [0.25, 0.3) is 0 Å². The quantitative estimate of drug-likeness (QED) is 0.878. The molecule has 0 spiro atoms. The van der Waals surface area contributed by atoms with Crippen molar-refractivity contribution >= 4 is 33.0 Å². The van der Waals surface area contributed by atoms with Gasteiger partial charge in [-0.3, -0.25) is 0 Å². The van der Waals surface area contributed by atoms with Gasteiger partial charge in [-0.2, -0.15) is 11.3 Å². The molecule has 0 saturated heterocycles. The standard InChI is InChI=1S/C10H9ClN2O2S2/c11-10-5-9(1-3-12-10)17(14,15)13-6-8-2-4-16-7-8/h1-5,7,13H,6H2. The third kappa shape index (κ3) is 3.26. The Morgan fingerprint density at radius 1 is 1.41 bits per heavy atom. The lowest BCUT2D eigenvalue weighted by atomic mass is 10.4. The molecule has 0 fully saturated rings. The number of pyridine rings is 1. The number of aromatic nitrogens is 1. The number of hydrogen-bond donors (Lipinski definition) is 1. The Morgan fingerprint density at radius 3 is 2.88 bits per heavy atom. The van der Waals surface area contributed by atoms with E-state index < -0.39 is 10.0 Å². The van der Waals surface area contributed by atoms with Gasteiger partial charge >= 0.3 is 0 Å². The smallest absolute Gasteiger partial charge is 0.241 e. The minimum atomic E-state index is -3.53. The molecule has 2 aromatic rings. The van der Waals surface area contributed by atoms with Crippen molar-refractivity contribution in [3.8, 4) is 0 Å². The van der Waals surface area contributed by atoms with Crippen molar-refractivity contribution in [1.82, 2.24) is 9.71 Å². The van der Waals surface area contributed by atoms with Crippen LogP contribution in [0.1, 0.15) is 5.56 Å². The third-order valence-electron chi connectivity index (χ3n) is 2.05. The van der Waals surface area contributed by atoms with Crippen LogP contribution in [0.2, 0.25) is 5.15 Å². The average molecular weight is 289 g/mol. The molecule has 0 unspecified atom stereocenters. The van der Waals surface area contributed by atoms with E-state index in [4.69, 9.17) is 11.6 Å². The molecule has 0 aromatic carbocycles. The summed E-state index contributed by atoms with van der Waals surface area (Å²) in [5.41, 5.74) is 0.929. The van der Waals surface area contributed by atoms with Crippen LogP contribution < -0.4 is 4.72 Å². The van der Waals surface area contributed by atoms with Crippen LogP contribution in [0.15, 0.2) is 40.1 Å². The maximum atomic E-state index is 11.9. The average Bonchev–Trinajstić information content (AvgIpc) is 2.79. The van der Waals surface area contributed by atoms with Crippen LogP contribution in [0.5, 0.6) is 0 Å². The van der Waals surface area contributed by atoms with E-state index in [0.29, 0.717) is 0 Å². The molecule has 17 heavy (non-hydrogen) atoms. The molecule has 0 saturated carbocycles. The first-order valence-corrected chi connectivity index (χ1v) is 7.50. The third-order valence-corrected chi connectivity index (χ3v) is 4.39. The lowest BCUT2D eigenvalue weighted by molar-refractivity contribution is 0.581. The molecule has 0 aliphatic carbocycles. The van der Waals surface area contributed by atoms with Gasteiger partial charge < -0.3 is 0 Å². The van der Waals surface area contributed by atoms with Crippen LogP contribution in [-0.4, -0.2) is 13.4 Å². The molecule has 2 rings (SSSR count). The van der Waals surface area contributed by atoms with Gasteiger partial charge in [0.05, 0.1) is 4.90 Å². The second-order valence-corrected chi connectivity index (χ2v) is 6.20. The summed E-state index contributed by atoms with van der Waals surface area (Å²) in [4.78, 5) is 3.86. The summed E-state index contributed by atoms with van der Waals surface area (Å²) >= 11 is 7.17. The molecular formula is C10H9ClN2O2S2. The highest BCUT2D eigenvalue weighted by molar-refractivity contribution is 7.89. The van der Waals surface area contributed by atoms with Gasteiger partial charge in [0, 0.05) is 12.7 Å². The summed E-state index contributed by atoms with van der Waals surface area (Å²) in [6.45, 7) is 0.270. The molecular weight excluding hydrogens is 280 g/mol. The van der Waals surface area contributed by atoms with Crippen molar-refractivity contribution in [2.24, 2.45) is 0 Å². The van der Waals surface area contributed by atoms with Crippen LogP contribution in [0.3, 0.4) is 0 Å². The summed E-state index contributed by atoms with van der Waals surface area (Å²) < 4.78 is 26.3. The number of rotatable bonds is 4. The minimum absolute atomic E-state index is 0.118. The Labute approximate surface area is 108 Å². The first kappa shape index (κ1) is 12.5. The van der Waals surface area contributed by atoms with Gasteiger partial charge in [0.2, 0.25) is 10.0 Å². The van der Waals surface area contributed by atoms with Crippen molar-refractivity contribution < 1.29 is 8.42 Å². The van der Waals surface area contributed by atoms with Crippen LogP contribution in [-0.2, 0) is 16.6 Å².